The fraction of sp³-hybridized carbons (Fsp3) is 0.667. The van der Waals surface area contributed by atoms with Crippen molar-refractivity contribution in [2.24, 2.45) is 0 Å². The summed E-state index contributed by atoms with van der Waals surface area (Å²) in [6.07, 6.45) is 10.6. The van der Waals surface area contributed by atoms with Gasteiger partial charge in [0, 0.05) is 31.5 Å². The van der Waals surface area contributed by atoms with Crippen LogP contribution in [0.15, 0.2) is 18.5 Å². The standard InChI is InChI=1S/C12H20N2S/c1-15-8-2-6-14-7-5-11(10-14)9-13-12-3-4-12/h5,7,10,12-13H,2-4,6,8-9H2,1H3. The maximum atomic E-state index is 3.54. The Balaban J connectivity index is 1.70. The lowest BCUT2D eigenvalue weighted by molar-refractivity contribution is 0.669. The van der Waals surface area contributed by atoms with Crippen LogP contribution in [0.3, 0.4) is 0 Å². The van der Waals surface area contributed by atoms with Gasteiger partial charge in [-0.25, -0.2) is 0 Å². The molecular formula is C12H20N2S. The molecule has 0 unspecified atom stereocenters. The maximum absolute atomic E-state index is 3.54. The first-order valence-electron chi connectivity index (χ1n) is 5.75. The van der Waals surface area contributed by atoms with E-state index >= 15 is 0 Å². The summed E-state index contributed by atoms with van der Waals surface area (Å²) in [5.74, 6) is 1.26. The number of aryl methyl sites for hydroxylation is 1. The molecule has 1 aromatic rings. The lowest BCUT2D eigenvalue weighted by atomic mass is 10.3. The van der Waals surface area contributed by atoms with Crippen LogP contribution in [0, 0.1) is 0 Å². The van der Waals surface area contributed by atoms with Gasteiger partial charge in [-0.3, -0.25) is 0 Å². The number of aromatic nitrogens is 1. The first kappa shape index (κ1) is 11.1. The normalized spacial score (nSPS) is 15.8. The van der Waals surface area contributed by atoms with Crippen LogP contribution in [0.1, 0.15) is 24.8 Å². The van der Waals surface area contributed by atoms with Gasteiger partial charge in [-0.05, 0) is 42.9 Å². The number of nitrogens with zero attached hydrogens (tertiary/aromatic N) is 1. The number of rotatable bonds is 7. The Morgan fingerprint density at radius 2 is 2.40 bits per heavy atom. The lowest BCUT2D eigenvalue weighted by Crippen LogP contribution is -2.14. The average Bonchev–Trinajstić information content (AvgIpc) is 2.97. The van der Waals surface area contributed by atoms with E-state index in [2.05, 4.69) is 34.6 Å². The summed E-state index contributed by atoms with van der Waals surface area (Å²) in [7, 11) is 0. The van der Waals surface area contributed by atoms with Gasteiger partial charge in [-0.1, -0.05) is 0 Å². The monoisotopic (exact) mass is 224 g/mol. The minimum absolute atomic E-state index is 0.810. The van der Waals surface area contributed by atoms with Gasteiger partial charge in [0.15, 0.2) is 0 Å². The zero-order valence-corrected chi connectivity index (χ0v) is 10.2. The Bertz CT molecular complexity index is 292. The summed E-state index contributed by atoms with van der Waals surface area (Å²) in [6, 6.07) is 3.04. The summed E-state index contributed by atoms with van der Waals surface area (Å²) in [4.78, 5) is 0. The van der Waals surface area contributed by atoms with Gasteiger partial charge in [-0.2, -0.15) is 11.8 Å². The summed E-state index contributed by atoms with van der Waals surface area (Å²) >= 11 is 1.92. The second-order valence-corrected chi connectivity index (χ2v) is 5.24. The lowest BCUT2D eigenvalue weighted by Gasteiger charge is -2.01. The molecule has 1 fully saturated rings. The molecule has 0 spiro atoms. The summed E-state index contributed by atoms with van der Waals surface area (Å²) in [5, 5.41) is 3.54. The fourth-order valence-corrected chi connectivity index (χ4v) is 2.09. The Morgan fingerprint density at radius 3 is 3.13 bits per heavy atom. The first-order chi connectivity index (χ1) is 7.38. The molecule has 1 heterocycles. The molecule has 0 aliphatic heterocycles. The Morgan fingerprint density at radius 1 is 1.53 bits per heavy atom. The molecular weight excluding hydrogens is 204 g/mol. The highest BCUT2D eigenvalue weighted by atomic mass is 32.2. The van der Waals surface area contributed by atoms with Gasteiger partial charge in [0.1, 0.15) is 0 Å². The predicted molar refractivity (Wildman–Crippen MR) is 67.3 cm³/mol. The van der Waals surface area contributed by atoms with Gasteiger partial charge < -0.3 is 9.88 Å². The van der Waals surface area contributed by atoms with Crippen molar-refractivity contribution in [3.05, 3.63) is 24.0 Å². The van der Waals surface area contributed by atoms with Crippen LogP contribution < -0.4 is 5.32 Å². The molecule has 0 radical (unpaired) electrons. The van der Waals surface area contributed by atoms with Crippen molar-refractivity contribution in [2.45, 2.75) is 38.4 Å². The van der Waals surface area contributed by atoms with Gasteiger partial charge in [-0.15, -0.1) is 0 Å². The molecule has 2 rings (SSSR count). The van der Waals surface area contributed by atoms with E-state index in [4.69, 9.17) is 0 Å². The van der Waals surface area contributed by atoms with E-state index in [1.54, 1.807) is 0 Å². The van der Waals surface area contributed by atoms with Gasteiger partial charge >= 0.3 is 0 Å². The Kier molecular flexibility index (Phi) is 4.15. The van der Waals surface area contributed by atoms with E-state index in [1.165, 1.54) is 30.6 Å². The number of nitrogens with one attached hydrogen (secondary N) is 1. The molecule has 1 aliphatic carbocycles. The van der Waals surface area contributed by atoms with E-state index in [0.29, 0.717) is 0 Å². The van der Waals surface area contributed by atoms with Crippen LogP contribution in [0.4, 0.5) is 0 Å². The van der Waals surface area contributed by atoms with Crippen molar-refractivity contribution < 1.29 is 0 Å². The van der Waals surface area contributed by atoms with Crippen LogP contribution in [-0.2, 0) is 13.1 Å². The van der Waals surface area contributed by atoms with E-state index in [1.807, 2.05) is 11.8 Å². The van der Waals surface area contributed by atoms with Gasteiger partial charge in [0.05, 0.1) is 0 Å². The third-order valence-electron chi connectivity index (χ3n) is 2.75. The highest BCUT2D eigenvalue weighted by Gasteiger charge is 2.19. The molecule has 0 atom stereocenters. The van der Waals surface area contributed by atoms with Crippen LogP contribution in [0.2, 0.25) is 0 Å². The number of thioether (sulfide) groups is 1. The van der Waals surface area contributed by atoms with Crippen molar-refractivity contribution >= 4 is 11.8 Å². The molecule has 84 valence electrons. The van der Waals surface area contributed by atoms with Crippen molar-refractivity contribution in [2.75, 3.05) is 12.0 Å². The third kappa shape index (κ3) is 3.92. The quantitative estimate of drug-likeness (QED) is 0.717. The SMILES string of the molecule is CSCCCn1ccc(CNC2CC2)c1. The molecule has 1 saturated carbocycles. The molecule has 15 heavy (non-hydrogen) atoms. The van der Waals surface area contributed by atoms with E-state index in [0.717, 1.165) is 19.1 Å². The molecule has 0 amide bonds. The smallest absolute Gasteiger partial charge is 0.0227 e. The van der Waals surface area contributed by atoms with Gasteiger partial charge in [0.25, 0.3) is 0 Å². The predicted octanol–water partition coefficient (Wildman–Crippen LogP) is 2.49. The fourth-order valence-electron chi connectivity index (χ4n) is 1.68. The molecule has 1 N–H and O–H groups in total. The molecule has 2 nitrogen and oxygen atoms in total. The first-order valence-corrected chi connectivity index (χ1v) is 7.15. The second kappa shape index (κ2) is 5.61. The van der Waals surface area contributed by atoms with Crippen molar-refractivity contribution in [3.63, 3.8) is 0 Å². The second-order valence-electron chi connectivity index (χ2n) is 4.26. The van der Waals surface area contributed by atoms with Crippen LogP contribution in [0.5, 0.6) is 0 Å². The van der Waals surface area contributed by atoms with E-state index < -0.39 is 0 Å². The number of hydrogen-bond donors (Lipinski definition) is 1. The highest BCUT2D eigenvalue weighted by Crippen LogP contribution is 2.19. The molecule has 1 aromatic heterocycles. The largest absolute Gasteiger partial charge is 0.354 e. The van der Waals surface area contributed by atoms with Gasteiger partial charge in [0.2, 0.25) is 0 Å². The Labute approximate surface area is 96.4 Å². The summed E-state index contributed by atoms with van der Waals surface area (Å²) in [6.45, 7) is 2.20. The molecule has 0 aromatic carbocycles. The topological polar surface area (TPSA) is 17.0 Å². The summed E-state index contributed by atoms with van der Waals surface area (Å²) in [5.41, 5.74) is 1.42. The van der Waals surface area contributed by atoms with E-state index in [-0.39, 0.29) is 0 Å². The molecule has 0 bridgehead atoms. The van der Waals surface area contributed by atoms with Crippen molar-refractivity contribution in [1.29, 1.82) is 0 Å². The molecule has 3 heteroatoms. The van der Waals surface area contributed by atoms with E-state index in [9.17, 15) is 0 Å². The Hall–Kier alpha value is -0.410. The van der Waals surface area contributed by atoms with Crippen LogP contribution in [0.25, 0.3) is 0 Å². The molecule has 1 aliphatic rings. The maximum Gasteiger partial charge on any atom is 0.0227 e. The zero-order valence-electron chi connectivity index (χ0n) is 9.41. The van der Waals surface area contributed by atoms with Crippen LogP contribution in [-0.4, -0.2) is 22.6 Å². The summed E-state index contributed by atoms with van der Waals surface area (Å²) < 4.78 is 2.31. The minimum atomic E-state index is 0.810. The minimum Gasteiger partial charge on any atom is -0.354 e. The number of hydrogen-bond acceptors (Lipinski definition) is 2. The van der Waals surface area contributed by atoms with Crippen molar-refractivity contribution in [1.82, 2.24) is 9.88 Å². The third-order valence-corrected chi connectivity index (χ3v) is 3.45. The highest BCUT2D eigenvalue weighted by molar-refractivity contribution is 7.98. The zero-order chi connectivity index (χ0) is 10.5. The average molecular weight is 224 g/mol. The van der Waals surface area contributed by atoms with Crippen molar-refractivity contribution in [3.8, 4) is 0 Å². The van der Waals surface area contributed by atoms with Crippen LogP contribution >= 0.6 is 11.8 Å². The molecule has 0 saturated heterocycles.